The second kappa shape index (κ2) is 2.48. The van der Waals surface area contributed by atoms with Crippen molar-refractivity contribution in [1.29, 1.82) is 0 Å². The Balaban J connectivity index is 3.17. The molecule has 0 fully saturated rings. The van der Waals surface area contributed by atoms with Gasteiger partial charge < -0.3 is 4.55 Å². The Hall–Kier alpha value is 1.18. The number of alkyl halides is 3. The van der Waals surface area contributed by atoms with E-state index in [0.717, 1.165) is 0 Å². The Morgan fingerprint density at radius 1 is 1.33 bits per heavy atom. The third-order valence-corrected chi connectivity index (χ3v) is 0.932. The molecular weight excluding hydrogens is 166 g/mol. The van der Waals surface area contributed by atoms with Crippen LogP contribution in [-0.4, -0.2) is 7.68 Å². The second-order valence-corrected chi connectivity index (χ2v) is 4.29. The molecule has 6 heavy (non-hydrogen) atoms. The van der Waals surface area contributed by atoms with Crippen molar-refractivity contribution in [3.63, 3.8) is 0 Å². The summed E-state index contributed by atoms with van der Waals surface area (Å²) in [5.74, 6) is 0. The van der Waals surface area contributed by atoms with Crippen molar-refractivity contribution in [2.75, 3.05) is 0 Å². The zero-order valence-electron chi connectivity index (χ0n) is 2.49. The molecule has 0 radical (unpaired) electrons. The van der Waals surface area contributed by atoms with Crippen LogP contribution in [0.2, 0.25) is 0 Å². The molecule has 0 rings (SSSR count). The van der Waals surface area contributed by atoms with Crippen molar-refractivity contribution in [2.45, 2.75) is 3.12 Å². The highest BCUT2D eigenvalue weighted by Gasteiger charge is 2.18. The summed E-state index contributed by atoms with van der Waals surface area (Å²) >= 11 is 15.1. The normalized spacial score (nSPS) is 12.0. The van der Waals surface area contributed by atoms with Crippen molar-refractivity contribution in [3.05, 3.63) is 0 Å². The Labute approximate surface area is 54.8 Å². The third kappa shape index (κ3) is 5.18. The van der Waals surface area contributed by atoms with Gasteiger partial charge in [0.2, 0.25) is 0 Å². The molecule has 0 saturated heterocycles. The molecule has 1 N–H and O–H groups in total. The van der Waals surface area contributed by atoms with Gasteiger partial charge in [0, 0.05) is 12.0 Å². The lowest BCUT2D eigenvalue weighted by molar-refractivity contribution is 0.664. The van der Waals surface area contributed by atoms with Gasteiger partial charge in [-0.05, 0) is 0 Å². The predicted octanol–water partition coefficient (Wildman–Crippen LogP) is 2.52. The van der Waals surface area contributed by atoms with Crippen LogP contribution in [0.25, 0.3) is 0 Å². The van der Waals surface area contributed by atoms with Gasteiger partial charge in [0.25, 0.3) is 3.12 Å². The fourth-order valence-electron chi connectivity index (χ4n) is 0. The highest BCUT2D eigenvalue weighted by Crippen LogP contribution is 2.36. The van der Waals surface area contributed by atoms with Crippen LogP contribution in [0.4, 0.5) is 0 Å². The van der Waals surface area contributed by atoms with E-state index in [1.54, 1.807) is 0 Å². The van der Waals surface area contributed by atoms with Crippen LogP contribution < -0.4 is 0 Å². The van der Waals surface area contributed by atoms with Crippen LogP contribution in [0.15, 0.2) is 0 Å². The first kappa shape index (κ1) is 7.18. The smallest absolute Gasteiger partial charge is 0.262 e. The molecule has 0 atom stereocenters. The maximum atomic E-state index is 7.92. The quantitative estimate of drug-likeness (QED) is 0.442. The summed E-state index contributed by atoms with van der Waals surface area (Å²) in [6, 6.07) is 0. The van der Waals surface area contributed by atoms with Crippen molar-refractivity contribution in [1.82, 2.24) is 0 Å². The van der Waals surface area contributed by atoms with Gasteiger partial charge in [0.15, 0.2) is 0 Å². The SMILES string of the molecule is OSC(Cl)(Cl)Cl. The van der Waals surface area contributed by atoms with Gasteiger partial charge >= 0.3 is 0 Å². The number of hydrogen-bond acceptors (Lipinski definition) is 2. The van der Waals surface area contributed by atoms with E-state index < -0.39 is 3.12 Å². The highest BCUT2D eigenvalue weighted by molar-refractivity contribution is 7.99. The molecule has 0 unspecified atom stereocenters. The standard InChI is InChI=1S/CHCl3OS/c2-1(3,4)6-5/h5H. The fourth-order valence-corrected chi connectivity index (χ4v) is 0. The van der Waals surface area contributed by atoms with E-state index in [2.05, 4.69) is 0 Å². The van der Waals surface area contributed by atoms with Crippen LogP contribution in [0.5, 0.6) is 0 Å². The van der Waals surface area contributed by atoms with E-state index in [1.807, 2.05) is 0 Å². The summed E-state index contributed by atoms with van der Waals surface area (Å²) in [5, 5.41) is 0. The van der Waals surface area contributed by atoms with Gasteiger partial charge in [-0.2, -0.15) is 0 Å². The lowest BCUT2D eigenvalue weighted by Gasteiger charge is -1.99. The first-order valence-electron chi connectivity index (χ1n) is 0.954. The van der Waals surface area contributed by atoms with Gasteiger partial charge in [-0.3, -0.25) is 0 Å². The molecule has 0 aliphatic carbocycles. The van der Waals surface area contributed by atoms with Gasteiger partial charge in [-0.15, -0.1) is 0 Å². The fraction of sp³-hybridized carbons (Fsp3) is 1.00. The minimum absolute atomic E-state index is 0.178. The monoisotopic (exact) mass is 166 g/mol. The molecule has 0 saturated carbocycles. The van der Waals surface area contributed by atoms with Crippen LogP contribution in [0.1, 0.15) is 0 Å². The Morgan fingerprint density at radius 3 is 1.50 bits per heavy atom. The summed E-state index contributed by atoms with van der Waals surface area (Å²) in [6.45, 7) is 0. The Kier molecular flexibility index (Phi) is 2.97. The van der Waals surface area contributed by atoms with Crippen molar-refractivity contribution >= 4 is 46.8 Å². The molecule has 38 valence electrons. The van der Waals surface area contributed by atoms with Gasteiger partial charge in [-0.1, -0.05) is 34.8 Å². The van der Waals surface area contributed by atoms with E-state index in [4.69, 9.17) is 39.4 Å². The average molecular weight is 167 g/mol. The maximum absolute atomic E-state index is 7.92. The van der Waals surface area contributed by atoms with Gasteiger partial charge in [-0.25, -0.2) is 0 Å². The van der Waals surface area contributed by atoms with Crippen LogP contribution in [0.3, 0.4) is 0 Å². The van der Waals surface area contributed by atoms with Crippen LogP contribution in [-0.2, 0) is 0 Å². The summed E-state index contributed by atoms with van der Waals surface area (Å²) in [6.07, 6.45) is 0. The molecule has 0 amide bonds. The van der Waals surface area contributed by atoms with Crippen LogP contribution in [0, 0.1) is 0 Å². The maximum Gasteiger partial charge on any atom is 0.262 e. The summed E-state index contributed by atoms with van der Waals surface area (Å²) in [5.41, 5.74) is 0. The Morgan fingerprint density at radius 2 is 1.50 bits per heavy atom. The lowest BCUT2D eigenvalue weighted by atomic mass is 11.8. The third-order valence-electron chi connectivity index (χ3n) is 0.104. The first-order chi connectivity index (χ1) is 2.56. The number of halogens is 3. The summed E-state index contributed by atoms with van der Waals surface area (Å²) in [7, 11) is 0. The minimum Gasteiger partial charge on any atom is -0.327 e. The van der Waals surface area contributed by atoms with Gasteiger partial charge in [0.1, 0.15) is 0 Å². The van der Waals surface area contributed by atoms with E-state index in [1.165, 1.54) is 0 Å². The molecular formula is CHCl3OS. The average Bonchev–Trinajstić information content (AvgIpc) is 1.35. The molecule has 0 heterocycles. The molecule has 0 aromatic carbocycles. The minimum atomic E-state index is -1.57. The van der Waals surface area contributed by atoms with Crippen molar-refractivity contribution in [3.8, 4) is 0 Å². The van der Waals surface area contributed by atoms with E-state index in [0.29, 0.717) is 0 Å². The van der Waals surface area contributed by atoms with E-state index >= 15 is 0 Å². The number of hydrogen-bond donors (Lipinski definition) is 1. The predicted molar refractivity (Wildman–Crippen MR) is 30.5 cm³/mol. The molecule has 0 aromatic rings. The first-order valence-corrected chi connectivity index (χ1v) is 2.86. The summed E-state index contributed by atoms with van der Waals surface area (Å²) in [4.78, 5) is 0. The topological polar surface area (TPSA) is 20.2 Å². The lowest BCUT2D eigenvalue weighted by Crippen LogP contribution is -1.89. The molecule has 0 spiro atoms. The molecule has 0 bridgehead atoms. The number of rotatable bonds is 0. The van der Waals surface area contributed by atoms with E-state index in [-0.39, 0.29) is 12.0 Å². The highest BCUT2D eigenvalue weighted by atomic mass is 35.6. The zero-order valence-corrected chi connectivity index (χ0v) is 5.57. The van der Waals surface area contributed by atoms with Crippen LogP contribution >= 0.6 is 46.8 Å². The summed E-state index contributed by atoms with van der Waals surface area (Å²) < 4.78 is 6.35. The van der Waals surface area contributed by atoms with E-state index in [9.17, 15) is 0 Å². The van der Waals surface area contributed by atoms with Gasteiger partial charge in [0.05, 0.1) is 0 Å². The molecule has 0 aliphatic heterocycles. The second-order valence-electron chi connectivity index (χ2n) is 0.537. The molecule has 0 aliphatic rings. The van der Waals surface area contributed by atoms with Crippen molar-refractivity contribution < 1.29 is 4.55 Å². The Bertz CT molecular complexity index is 40.5. The molecule has 0 aromatic heterocycles. The molecule has 1 nitrogen and oxygen atoms in total. The largest absolute Gasteiger partial charge is 0.327 e. The van der Waals surface area contributed by atoms with Crippen molar-refractivity contribution in [2.24, 2.45) is 0 Å². The zero-order chi connectivity index (χ0) is 5.21. The molecule has 5 heteroatoms.